The Bertz CT molecular complexity index is 1510. The lowest BCUT2D eigenvalue weighted by atomic mass is 9.89. The molecule has 1 saturated heterocycles. The van der Waals surface area contributed by atoms with Crippen molar-refractivity contribution >= 4 is 21.8 Å². The van der Waals surface area contributed by atoms with E-state index in [1.807, 2.05) is 17.8 Å². The lowest BCUT2D eigenvalue weighted by molar-refractivity contribution is 0.411. The second kappa shape index (κ2) is 8.25. The Morgan fingerprint density at radius 3 is 2.68 bits per heavy atom. The fraction of sp³-hybridized carbons (Fsp3) is 0.259. The van der Waals surface area contributed by atoms with Gasteiger partial charge in [-0.1, -0.05) is 6.07 Å². The van der Waals surface area contributed by atoms with Crippen LogP contribution >= 0.6 is 0 Å². The molecular formula is C27H26FN5O. The summed E-state index contributed by atoms with van der Waals surface area (Å²) in [5, 5.41) is 10.4. The monoisotopic (exact) mass is 455 g/mol. The van der Waals surface area contributed by atoms with Crippen LogP contribution in [0, 0.1) is 5.82 Å². The molecule has 0 aliphatic carbocycles. The van der Waals surface area contributed by atoms with E-state index in [4.69, 9.17) is 9.84 Å². The zero-order valence-electron chi connectivity index (χ0n) is 19.2. The Kier molecular flexibility index (Phi) is 5.07. The van der Waals surface area contributed by atoms with Gasteiger partial charge in [0.15, 0.2) is 0 Å². The Balaban J connectivity index is 1.49. The molecule has 1 fully saturated rings. The number of methoxy groups -OCH3 is 1. The van der Waals surface area contributed by atoms with Gasteiger partial charge in [-0.05, 0) is 73.8 Å². The van der Waals surface area contributed by atoms with Crippen molar-refractivity contribution in [2.24, 2.45) is 7.05 Å². The summed E-state index contributed by atoms with van der Waals surface area (Å²) in [5.74, 6) is 0.677. The van der Waals surface area contributed by atoms with E-state index in [0.717, 1.165) is 59.1 Å². The van der Waals surface area contributed by atoms with Gasteiger partial charge in [0.25, 0.3) is 0 Å². The highest BCUT2D eigenvalue weighted by Gasteiger charge is 2.20. The van der Waals surface area contributed by atoms with E-state index in [1.54, 1.807) is 12.3 Å². The second-order valence-electron chi connectivity index (χ2n) is 8.96. The van der Waals surface area contributed by atoms with Crippen LogP contribution in [-0.2, 0) is 7.05 Å². The van der Waals surface area contributed by atoms with Gasteiger partial charge < -0.3 is 15.0 Å². The molecule has 1 aliphatic heterocycles. The summed E-state index contributed by atoms with van der Waals surface area (Å²) < 4.78 is 21.4. The van der Waals surface area contributed by atoms with E-state index in [9.17, 15) is 4.39 Å². The maximum absolute atomic E-state index is 14.2. The number of hydrogen-bond acceptors (Lipinski definition) is 4. The fourth-order valence-electron chi connectivity index (χ4n) is 5.12. The van der Waals surface area contributed by atoms with E-state index in [1.165, 1.54) is 24.8 Å². The van der Waals surface area contributed by atoms with Crippen LogP contribution in [0.5, 0.6) is 5.75 Å². The maximum Gasteiger partial charge on any atom is 0.127 e. The smallest absolute Gasteiger partial charge is 0.127 e. The molecule has 0 saturated carbocycles. The van der Waals surface area contributed by atoms with Gasteiger partial charge in [0.1, 0.15) is 17.3 Å². The zero-order valence-corrected chi connectivity index (χ0v) is 19.2. The molecular weight excluding hydrogens is 429 g/mol. The van der Waals surface area contributed by atoms with Crippen molar-refractivity contribution < 1.29 is 9.13 Å². The number of nitrogens with zero attached hydrogens (tertiary/aromatic N) is 3. The summed E-state index contributed by atoms with van der Waals surface area (Å²) in [6, 6.07) is 15.4. The molecule has 3 aromatic heterocycles. The van der Waals surface area contributed by atoms with Crippen LogP contribution in [0.3, 0.4) is 0 Å². The van der Waals surface area contributed by atoms with Crippen LogP contribution < -0.4 is 10.1 Å². The summed E-state index contributed by atoms with van der Waals surface area (Å²) in [6.45, 7) is 2.12. The first-order chi connectivity index (χ1) is 16.6. The number of aromatic amines is 1. The highest BCUT2D eigenvalue weighted by Crippen LogP contribution is 2.36. The van der Waals surface area contributed by atoms with E-state index in [0.29, 0.717) is 22.9 Å². The average molecular weight is 456 g/mol. The van der Waals surface area contributed by atoms with Gasteiger partial charge >= 0.3 is 0 Å². The van der Waals surface area contributed by atoms with Crippen molar-refractivity contribution in [3.8, 4) is 28.4 Å². The molecule has 0 unspecified atom stereocenters. The predicted octanol–water partition coefficient (Wildman–Crippen LogP) is 5.40. The molecule has 0 amide bonds. The van der Waals surface area contributed by atoms with Crippen molar-refractivity contribution in [2.45, 2.75) is 18.8 Å². The predicted molar refractivity (Wildman–Crippen MR) is 133 cm³/mol. The lowest BCUT2D eigenvalue weighted by Crippen LogP contribution is -2.26. The average Bonchev–Trinajstić information content (AvgIpc) is 3.44. The molecule has 2 N–H and O–H groups in total. The SMILES string of the molecule is COc1cc(F)cc(-c2nccc3[nH]c(-c4nn(C)c5ccc(C6CCNCC6)cc45)cc23)c1. The van der Waals surface area contributed by atoms with Gasteiger partial charge in [0.05, 0.1) is 24.0 Å². The molecule has 172 valence electrons. The van der Waals surface area contributed by atoms with Gasteiger partial charge in [0, 0.05) is 41.2 Å². The topological polar surface area (TPSA) is 67.8 Å². The summed E-state index contributed by atoms with van der Waals surface area (Å²) >= 11 is 0. The molecule has 4 heterocycles. The normalized spacial score (nSPS) is 14.8. The van der Waals surface area contributed by atoms with E-state index in [2.05, 4.69) is 39.6 Å². The number of aryl methyl sites for hydroxylation is 1. The zero-order chi connectivity index (χ0) is 23.2. The van der Waals surface area contributed by atoms with E-state index < -0.39 is 0 Å². The Morgan fingerprint density at radius 2 is 1.85 bits per heavy atom. The molecule has 7 heteroatoms. The van der Waals surface area contributed by atoms with Gasteiger partial charge in [-0.3, -0.25) is 9.67 Å². The van der Waals surface area contributed by atoms with Gasteiger partial charge in [-0.2, -0.15) is 5.10 Å². The van der Waals surface area contributed by atoms with Crippen LogP contribution in [0.1, 0.15) is 24.3 Å². The number of hydrogen-bond donors (Lipinski definition) is 2. The number of ether oxygens (including phenoxy) is 1. The van der Waals surface area contributed by atoms with Crippen molar-refractivity contribution in [1.29, 1.82) is 0 Å². The number of halogens is 1. The Labute approximate surface area is 196 Å². The number of fused-ring (bicyclic) bond motifs is 2. The molecule has 1 aliphatic rings. The number of rotatable bonds is 4. The number of pyridine rings is 1. The molecule has 6 nitrogen and oxygen atoms in total. The largest absolute Gasteiger partial charge is 0.497 e. The summed E-state index contributed by atoms with van der Waals surface area (Å²) in [6.07, 6.45) is 4.04. The molecule has 5 aromatic rings. The van der Waals surface area contributed by atoms with Crippen LogP contribution in [0.25, 0.3) is 44.5 Å². The molecule has 0 bridgehead atoms. The first kappa shape index (κ1) is 20.9. The highest BCUT2D eigenvalue weighted by atomic mass is 19.1. The van der Waals surface area contributed by atoms with Gasteiger partial charge in [-0.25, -0.2) is 4.39 Å². The molecule has 34 heavy (non-hydrogen) atoms. The fourth-order valence-corrected chi connectivity index (χ4v) is 5.12. The third kappa shape index (κ3) is 3.53. The van der Waals surface area contributed by atoms with Crippen LogP contribution in [0.15, 0.2) is 54.7 Å². The lowest BCUT2D eigenvalue weighted by Gasteiger charge is -2.23. The minimum absolute atomic E-state index is 0.356. The van der Waals surface area contributed by atoms with Crippen LogP contribution in [-0.4, -0.2) is 39.9 Å². The number of H-pyrrole nitrogens is 1. The van der Waals surface area contributed by atoms with E-state index in [-0.39, 0.29) is 5.82 Å². The minimum atomic E-state index is -0.356. The maximum atomic E-state index is 14.2. The van der Waals surface area contributed by atoms with Crippen molar-refractivity contribution in [3.63, 3.8) is 0 Å². The van der Waals surface area contributed by atoms with Gasteiger partial charge in [-0.15, -0.1) is 0 Å². The molecule has 6 rings (SSSR count). The summed E-state index contributed by atoms with van der Waals surface area (Å²) in [5.41, 5.74) is 6.60. The first-order valence-corrected chi connectivity index (χ1v) is 11.6. The van der Waals surface area contributed by atoms with Crippen molar-refractivity contribution in [1.82, 2.24) is 25.1 Å². The Morgan fingerprint density at radius 1 is 1.00 bits per heavy atom. The third-order valence-electron chi connectivity index (χ3n) is 6.87. The van der Waals surface area contributed by atoms with Crippen LogP contribution in [0.2, 0.25) is 0 Å². The highest BCUT2D eigenvalue weighted by molar-refractivity contribution is 6.00. The summed E-state index contributed by atoms with van der Waals surface area (Å²) in [7, 11) is 3.51. The summed E-state index contributed by atoms with van der Waals surface area (Å²) in [4.78, 5) is 8.09. The minimum Gasteiger partial charge on any atom is -0.497 e. The second-order valence-corrected chi connectivity index (χ2v) is 8.96. The quantitative estimate of drug-likeness (QED) is 0.381. The number of piperidine rings is 1. The molecule has 0 radical (unpaired) electrons. The number of aromatic nitrogens is 4. The van der Waals surface area contributed by atoms with Crippen LogP contribution in [0.4, 0.5) is 4.39 Å². The number of nitrogens with one attached hydrogen (secondary N) is 2. The number of benzene rings is 2. The molecule has 0 spiro atoms. The third-order valence-corrected chi connectivity index (χ3v) is 6.87. The van der Waals surface area contributed by atoms with E-state index >= 15 is 0 Å². The Hall–Kier alpha value is -3.71. The molecule has 0 atom stereocenters. The molecule has 2 aromatic carbocycles. The van der Waals surface area contributed by atoms with Crippen molar-refractivity contribution in [3.05, 3.63) is 66.1 Å². The first-order valence-electron chi connectivity index (χ1n) is 11.6. The van der Waals surface area contributed by atoms with Gasteiger partial charge in [0.2, 0.25) is 0 Å². The van der Waals surface area contributed by atoms with Crippen molar-refractivity contribution in [2.75, 3.05) is 20.2 Å². The standard InChI is InChI=1S/C27H26FN5O/c1-33-25-4-3-17(16-5-8-29-9-6-16)13-22(25)27(32-33)24-15-21-23(31-24)7-10-30-26(21)18-11-19(28)14-20(12-18)34-2/h3-4,7,10-16,29,31H,5-6,8-9H2,1-2H3.